The Hall–Kier alpha value is -0.550. The predicted octanol–water partition coefficient (Wildman–Crippen LogP) is 0.604. The summed E-state index contributed by atoms with van der Waals surface area (Å²) in [6, 6.07) is 0.220. The molecule has 2 rings (SSSR count). The lowest BCUT2D eigenvalue weighted by Gasteiger charge is -2.14. The van der Waals surface area contributed by atoms with Crippen LogP contribution in [0.1, 0.15) is 26.2 Å². The van der Waals surface area contributed by atoms with Gasteiger partial charge in [-0.3, -0.25) is 14.5 Å². The third-order valence-corrected chi connectivity index (χ3v) is 4.57. The Morgan fingerprint density at radius 1 is 1.50 bits per heavy atom. The fraction of sp³-hybridized carbons (Fsp3) is 0.818. The van der Waals surface area contributed by atoms with Gasteiger partial charge in [0.2, 0.25) is 11.8 Å². The lowest BCUT2D eigenvalue weighted by atomic mass is 10.2. The van der Waals surface area contributed by atoms with E-state index in [0.717, 1.165) is 18.6 Å². The van der Waals surface area contributed by atoms with E-state index in [1.165, 1.54) is 4.90 Å². The number of imide groups is 1. The minimum atomic E-state index is -0.151. The third-order valence-electron chi connectivity index (χ3n) is 3.04. The van der Waals surface area contributed by atoms with Crippen LogP contribution in [-0.2, 0) is 9.59 Å². The first kappa shape index (κ1) is 11.9. The van der Waals surface area contributed by atoms with Crippen molar-refractivity contribution in [3.8, 4) is 0 Å². The summed E-state index contributed by atoms with van der Waals surface area (Å²) in [5.74, 6) is 1.31. The summed E-state index contributed by atoms with van der Waals surface area (Å²) in [5.41, 5.74) is 5.53. The highest BCUT2D eigenvalue weighted by Gasteiger charge is 2.46. The molecule has 2 amide bonds. The van der Waals surface area contributed by atoms with E-state index < -0.39 is 0 Å². The molecule has 0 aromatic heterocycles. The molecule has 2 fully saturated rings. The van der Waals surface area contributed by atoms with Gasteiger partial charge in [-0.05, 0) is 31.1 Å². The van der Waals surface area contributed by atoms with Gasteiger partial charge < -0.3 is 5.73 Å². The molecule has 1 saturated carbocycles. The summed E-state index contributed by atoms with van der Waals surface area (Å²) in [7, 11) is 0. The summed E-state index contributed by atoms with van der Waals surface area (Å²) in [4.78, 5) is 25.1. The Morgan fingerprint density at radius 2 is 2.19 bits per heavy atom. The molecule has 0 aromatic carbocycles. The van der Waals surface area contributed by atoms with E-state index >= 15 is 0 Å². The molecule has 2 unspecified atom stereocenters. The average molecular weight is 242 g/mol. The molecule has 4 nitrogen and oxygen atoms in total. The fourth-order valence-electron chi connectivity index (χ4n) is 1.82. The summed E-state index contributed by atoms with van der Waals surface area (Å²) >= 11 is 1.59. The van der Waals surface area contributed by atoms with Crippen LogP contribution in [0.15, 0.2) is 0 Å². The quantitative estimate of drug-likeness (QED) is 0.717. The lowest BCUT2D eigenvalue weighted by Crippen LogP contribution is -2.33. The van der Waals surface area contributed by atoms with Gasteiger partial charge in [0.1, 0.15) is 0 Å². The Bertz CT molecular complexity index is 304. The Morgan fingerprint density at radius 3 is 2.75 bits per heavy atom. The van der Waals surface area contributed by atoms with Gasteiger partial charge in [-0.1, -0.05) is 6.92 Å². The molecule has 0 radical (unpaired) electrons. The molecule has 2 atom stereocenters. The van der Waals surface area contributed by atoms with Gasteiger partial charge in [0, 0.05) is 12.5 Å². The van der Waals surface area contributed by atoms with Crippen LogP contribution in [0.5, 0.6) is 0 Å². The SMILES string of the molecule is CC(CN)CSC1CC(=O)N(C2CC2)C1=O. The maximum atomic E-state index is 12.0. The first-order valence-corrected chi connectivity index (χ1v) is 6.86. The van der Waals surface area contributed by atoms with E-state index in [9.17, 15) is 9.59 Å². The average Bonchev–Trinajstić information content (AvgIpc) is 3.04. The van der Waals surface area contributed by atoms with Crippen molar-refractivity contribution in [2.75, 3.05) is 12.3 Å². The van der Waals surface area contributed by atoms with Crippen molar-refractivity contribution in [1.29, 1.82) is 0 Å². The highest BCUT2D eigenvalue weighted by atomic mass is 32.2. The van der Waals surface area contributed by atoms with E-state index in [-0.39, 0.29) is 23.1 Å². The van der Waals surface area contributed by atoms with Crippen LogP contribution in [0.25, 0.3) is 0 Å². The largest absolute Gasteiger partial charge is 0.330 e. The Labute approximate surface area is 99.9 Å². The Kier molecular flexibility index (Phi) is 3.54. The molecule has 1 aliphatic heterocycles. The molecular weight excluding hydrogens is 224 g/mol. The van der Waals surface area contributed by atoms with Crippen LogP contribution in [0.2, 0.25) is 0 Å². The third kappa shape index (κ3) is 2.40. The molecule has 2 aliphatic rings. The molecule has 1 saturated heterocycles. The molecular formula is C11H18N2O2S. The number of carbonyl (C=O) groups is 2. The van der Waals surface area contributed by atoms with E-state index in [1.54, 1.807) is 11.8 Å². The van der Waals surface area contributed by atoms with E-state index in [2.05, 4.69) is 6.92 Å². The number of hydrogen-bond donors (Lipinski definition) is 1. The number of nitrogens with zero attached hydrogens (tertiary/aromatic N) is 1. The number of likely N-dealkylation sites (tertiary alicyclic amines) is 1. The molecule has 2 N–H and O–H groups in total. The summed E-state index contributed by atoms with van der Waals surface area (Å²) in [5, 5.41) is -0.151. The number of hydrogen-bond acceptors (Lipinski definition) is 4. The van der Waals surface area contributed by atoms with Crippen LogP contribution in [-0.4, -0.2) is 40.3 Å². The van der Waals surface area contributed by atoms with Crippen molar-refractivity contribution < 1.29 is 9.59 Å². The minimum absolute atomic E-state index is 0.0189. The van der Waals surface area contributed by atoms with Crippen LogP contribution in [0.4, 0.5) is 0 Å². The maximum Gasteiger partial charge on any atom is 0.243 e. The van der Waals surface area contributed by atoms with Gasteiger partial charge in [-0.25, -0.2) is 0 Å². The van der Waals surface area contributed by atoms with Crippen LogP contribution in [0, 0.1) is 5.92 Å². The number of carbonyl (C=O) groups excluding carboxylic acids is 2. The number of amides is 2. The highest BCUT2D eigenvalue weighted by molar-refractivity contribution is 8.00. The van der Waals surface area contributed by atoms with E-state index in [4.69, 9.17) is 5.73 Å². The van der Waals surface area contributed by atoms with Crippen LogP contribution >= 0.6 is 11.8 Å². The van der Waals surface area contributed by atoms with Gasteiger partial charge in [0.15, 0.2) is 0 Å². The van der Waals surface area contributed by atoms with Crippen molar-refractivity contribution in [1.82, 2.24) is 4.90 Å². The number of rotatable bonds is 5. The molecule has 5 heteroatoms. The van der Waals surface area contributed by atoms with E-state index in [0.29, 0.717) is 18.9 Å². The zero-order chi connectivity index (χ0) is 11.7. The molecule has 1 heterocycles. The van der Waals surface area contributed by atoms with Gasteiger partial charge in [-0.2, -0.15) is 0 Å². The fourth-order valence-corrected chi connectivity index (χ4v) is 3.03. The lowest BCUT2D eigenvalue weighted by molar-refractivity contribution is -0.138. The normalized spacial score (nSPS) is 27.6. The zero-order valence-corrected chi connectivity index (χ0v) is 10.3. The smallest absolute Gasteiger partial charge is 0.243 e. The first-order chi connectivity index (χ1) is 7.63. The van der Waals surface area contributed by atoms with Crippen LogP contribution < -0.4 is 5.73 Å². The molecule has 0 aromatic rings. The second kappa shape index (κ2) is 4.75. The maximum absolute atomic E-state index is 12.0. The first-order valence-electron chi connectivity index (χ1n) is 5.81. The Balaban J connectivity index is 1.87. The van der Waals surface area contributed by atoms with Crippen molar-refractivity contribution in [2.24, 2.45) is 11.7 Å². The van der Waals surface area contributed by atoms with Crippen molar-refractivity contribution in [3.63, 3.8) is 0 Å². The van der Waals surface area contributed by atoms with Crippen molar-refractivity contribution in [2.45, 2.75) is 37.5 Å². The van der Waals surface area contributed by atoms with Gasteiger partial charge in [-0.15, -0.1) is 11.8 Å². The van der Waals surface area contributed by atoms with Crippen LogP contribution in [0.3, 0.4) is 0 Å². The molecule has 1 aliphatic carbocycles. The monoisotopic (exact) mass is 242 g/mol. The second-order valence-corrected chi connectivity index (χ2v) is 5.94. The molecule has 0 spiro atoms. The zero-order valence-electron chi connectivity index (χ0n) is 9.52. The summed E-state index contributed by atoms with van der Waals surface area (Å²) in [6.07, 6.45) is 2.37. The summed E-state index contributed by atoms with van der Waals surface area (Å²) < 4.78 is 0. The predicted molar refractivity (Wildman–Crippen MR) is 64.0 cm³/mol. The van der Waals surface area contributed by atoms with Crippen molar-refractivity contribution >= 4 is 23.6 Å². The highest BCUT2D eigenvalue weighted by Crippen LogP contribution is 2.35. The van der Waals surface area contributed by atoms with E-state index in [1.807, 2.05) is 0 Å². The summed E-state index contributed by atoms with van der Waals surface area (Å²) in [6.45, 7) is 2.70. The molecule has 16 heavy (non-hydrogen) atoms. The topological polar surface area (TPSA) is 63.4 Å². The number of thioether (sulfide) groups is 1. The van der Waals surface area contributed by atoms with Crippen molar-refractivity contribution in [3.05, 3.63) is 0 Å². The number of nitrogens with two attached hydrogens (primary N) is 1. The van der Waals surface area contributed by atoms with Gasteiger partial charge in [0.25, 0.3) is 0 Å². The second-order valence-electron chi connectivity index (χ2n) is 4.70. The molecule has 0 bridgehead atoms. The standard InChI is InChI=1S/C11H18N2O2S/c1-7(5-12)6-16-9-4-10(14)13(11(9)15)8-2-3-8/h7-9H,2-6,12H2,1H3. The molecule has 90 valence electrons. The van der Waals surface area contributed by atoms with Gasteiger partial charge in [0.05, 0.1) is 5.25 Å². The van der Waals surface area contributed by atoms with Gasteiger partial charge >= 0.3 is 0 Å². The minimum Gasteiger partial charge on any atom is -0.330 e.